The van der Waals surface area contributed by atoms with E-state index in [2.05, 4.69) is 22.6 Å². The standard InChI is InChI=1S/C28H57Cl2ISi/c1-32(29,30)28-26-24-22-20-18-16-14-12-10-8-6-4-2-3-5-7-9-11-13-15-17-19-21-23-25-27-31/h2-28H2,1H3. The van der Waals surface area contributed by atoms with Crippen molar-refractivity contribution in [1.29, 1.82) is 0 Å². The van der Waals surface area contributed by atoms with Crippen molar-refractivity contribution in [2.75, 3.05) is 4.43 Å². The second-order valence-electron chi connectivity index (χ2n) is 10.3. The lowest BCUT2D eigenvalue weighted by molar-refractivity contribution is 0.517. The Morgan fingerprint density at radius 2 is 0.562 bits per heavy atom. The van der Waals surface area contributed by atoms with E-state index < -0.39 is 6.69 Å². The number of unbranched alkanes of at least 4 members (excludes halogenated alkanes) is 24. The molecule has 0 saturated carbocycles. The van der Waals surface area contributed by atoms with E-state index in [1.54, 1.807) is 0 Å². The topological polar surface area (TPSA) is 0 Å². The third-order valence-electron chi connectivity index (χ3n) is 6.75. The zero-order valence-corrected chi connectivity index (χ0v) is 26.4. The summed E-state index contributed by atoms with van der Waals surface area (Å²) in [6.07, 6.45) is 36.1. The Bertz CT molecular complexity index is 347. The maximum Gasteiger partial charge on any atom is 0.248 e. The van der Waals surface area contributed by atoms with Crippen molar-refractivity contribution in [3.05, 3.63) is 0 Å². The molecule has 0 bridgehead atoms. The second kappa shape index (κ2) is 27.1. The van der Waals surface area contributed by atoms with Gasteiger partial charge in [-0.15, -0.1) is 22.2 Å². The van der Waals surface area contributed by atoms with E-state index in [9.17, 15) is 0 Å². The fourth-order valence-corrected chi connectivity index (χ4v) is 6.81. The van der Waals surface area contributed by atoms with Crippen LogP contribution in [0.3, 0.4) is 0 Å². The van der Waals surface area contributed by atoms with Crippen LogP contribution in [-0.2, 0) is 0 Å². The minimum absolute atomic E-state index is 1.06. The first kappa shape index (κ1) is 33.5. The minimum atomic E-state index is -1.83. The first-order valence-electron chi connectivity index (χ1n) is 14.5. The SMILES string of the molecule is C[Si](Cl)(Cl)CCCCCCCCCCCCCCCCCCCCCCCCCCCI. The molecule has 0 unspecified atom stereocenters. The predicted octanol–water partition coefficient (Wildman–Crippen LogP) is 12.7. The van der Waals surface area contributed by atoms with Crippen LogP contribution in [0.2, 0.25) is 12.6 Å². The average molecular weight is 620 g/mol. The van der Waals surface area contributed by atoms with Crippen molar-refractivity contribution in [2.45, 2.75) is 173 Å². The molecule has 0 aliphatic heterocycles. The van der Waals surface area contributed by atoms with Crippen molar-refractivity contribution in [3.63, 3.8) is 0 Å². The minimum Gasteiger partial charge on any atom is -0.146 e. The number of rotatable bonds is 27. The summed E-state index contributed by atoms with van der Waals surface area (Å²) in [5.41, 5.74) is 0. The highest BCUT2D eigenvalue weighted by Gasteiger charge is 2.19. The first-order valence-corrected chi connectivity index (χ1v) is 20.8. The lowest BCUT2D eigenvalue weighted by atomic mass is 10.0. The van der Waals surface area contributed by atoms with Gasteiger partial charge in [-0.05, 0) is 23.4 Å². The molecule has 194 valence electrons. The van der Waals surface area contributed by atoms with Gasteiger partial charge in [0, 0.05) is 0 Å². The summed E-state index contributed by atoms with van der Waals surface area (Å²) in [5.74, 6) is 0. The van der Waals surface area contributed by atoms with Crippen LogP contribution in [0.1, 0.15) is 161 Å². The van der Waals surface area contributed by atoms with Gasteiger partial charge in [0.25, 0.3) is 0 Å². The maximum atomic E-state index is 6.14. The fourth-order valence-electron chi connectivity index (χ4n) is 4.60. The number of hydrogen-bond donors (Lipinski definition) is 0. The predicted molar refractivity (Wildman–Crippen MR) is 162 cm³/mol. The third-order valence-corrected chi connectivity index (χ3v) is 9.88. The van der Waals surface area contributed by atoms with Crippen LogP contribution in [0.25, 0.3) is 0 Å². The molecule has 0 aliphatic rings. The molecule has 0 nitrogen and oxygen atoms in total. The van der Waals surface area contributed by atoms with Crippen LogP contribution in [0.5, 0.6) is 0 Å². The van der Waals surface area contributed by atoms with Gasteiger partial charge in [0.1, 0.15) is 0 Å². The molecular weight excluding hydrogens is 562 g/mol. The Balaban J connectivity index is 3.02. The molecule has 0 aromatic heterocycles. The molecule has 0 heterocycles. The molecular formula is C28H57Cl2ISi. The first-order chi connectivity index (χ1) is 15.6. The van der Waals surface area contributed by atoms with Crippen LogP contribution < -0.4 is 0 Å². The zero-order chi connectivity index (χ0) is 23.6. The van der Waals surface area contributed by atoms with Crippen LogP contribution >= 0.6 is 44.7 Å². The van der Waals surface area contributed by atoms with Crippen LogP contribution in [0, 0.1) is 0 Å². The highest BCUT2D eigenvalue weighted by Crippen LogP contribution is 2.23. The summed E-state index contributed by atoms with van der Waals surface area (Å²) in [4.78, 5) is 0. The van der Waals surface area contributed by atoms with Gasteiger partial charge in [-0.25, -0.2) is 0 Å². The second-order valence-corrected chi connectivity index (χ2v) is 19.7. The van der Waals surface area contributed by atoms with E-state index in [1.807, 2.05) is 6.55 Å². The van der Waals surface area contributed by atoms with E-state index in [1.165, 1.54) is 165 Å². The van der Waals surface area contributed by atoms with E-state index >= 15 is 0 Å². The molecule has 32 heavy (non-hydrogen) atoms. The van der Waals surface area contributed by atoms with Crippen molar-refractivity contribution in [2.24, 2.45) is 0 Å². The fraction of sp³-hybridized carbons (Fsp3) is 1.00. The number of hydrogen-bond acceptors (Lipinski definition) is 0. The molecule has 0 radical (unpaired) electrons. The van der Waals surface area contributed by atoms with Crippen molar-refractivity contribution in [3.8, 4) is 0 Å². The van der Waals surface area contributed by atoms with Gasteiger partial charge in [0.05, 0.1) is 0 Å². The van der Waals surface area contributed by atoms with E-state index in [4.69, 9.17) is 22.2 Å². The molecule has 0 aromatic rings. The van der Waals surface area contributed by atoms with Crippen LogP contribution in [-0.4, -0.2) is 11.1 Å². The van der Waals surface area contributed by atoms with E-state index in [0.29, 0.717) is 0 Å². The van der Waals surface area contributed by atoms with Gasteiger partial charge in [-0.3, -0.25) is 0 Å². The molecule has 0 amide bonds. The highest BCUT2D eigenvalue weighted by atomic mass is 127. The quantitative estimate of drug-likeness (QED) is 0.0282. The normalized spacial score (nSPS) is 12.0. The zero-order valence-electron chi connectivity index (χ0n) is 21.7. The summed E-state index contributed by atoms with van der Waals surface area (Å²) in [6, 6.07) is 1.06. The maximum absolute atomic E-state index is 6.14. The Morgan fingerprint density at radius 3 is 0.750 bits per heavy atom. The summed E-state index contributed by atoms with van der Waals surface area (Å²) < 4.78 is 1.34. The van der Waals surface area contributed by atoms with Crippen molar-refractivity contribution < 1.29 is 0 Å². The third kappa shape index (κ3) is 31.5. The summed E-state index contributed by atoms with van der Waals surface area (Å²) in [7, 11) is 0. The lowest BCUT2D eigenvalue weighted by Gasteiger charge is -2.09. The molecule has 0 spiro atoms. The van der Waals surface area contributed by atoms with E-state index in [-0.39, 0.29) is 0 Å². The molecule has 0 rings (SSSR count). The van der Waals surface area contributed by atoms with Crippen molar-refractivity contribution in [1.82, 2.24) is 0 Å². The van der Waals surface area contributed by atoms with Gasteiger partial charge in [0.2, 0.25) is 6.69 Å². The van der Waals surface area contributed by atoms with E-state index in [0.717, 1.165) is 6.04 Å². The summed E-state index contributed by atoms with van der Waals surface area (Å²) in [6.45, 7) is 0.204. The molecule has 0 aliphatic carbocycles. The molecule has 4 heteroatoms. The number of halogens is 3. The number of alkyl halides is 1. The molecule has 0 aromatic carbocycles. The van der Waals surface area contributed by atoms with Gasteiger partial charge < -0.3 is 0 Å². The average Bonchev–Trinajstić information content (AvgIpc) is 2.75. The Labute approximate surface area is 227 Å². The van der Waals surface area contributed by atoms with Crippen LogP contribution in [0.4, 0.5) is 0 Å². The Hall–Kier alpha value is 1.53. The van der Waals surface area contributed by atoms with Gasteiger partial charge >= 0.3 is 0 Å². The molecule has 0 atom stereocenters. The van der Waals surface area contributed by atoms with Crippen molar-refractivity contribution >= 4 is 51.4 Å². The largest absolute Gasteiger partial charge is 0.248 e. The Morgan fingerprint density at radius 1 is 0.375 bits per heavy atom. The lowest BCUT2D eigenvalue weighted by Crippen LogP contribution is -2.11. The van der Waals surface area contributed by atoms with Crippen LogP contribution in [0.15, 0.2) is 0 Å². The van der Waals surface area contributed by atoms with Gasteiger partial charge in [-0.2, -0.15) is 0 Å². The monoisotopic (exact) mass is 618 g/mol. The van der Waals surface area contributed by atoms with Gasteiger partial charge in [-0.1, -0.05) is 177 Å². The Kier molecular flexibility index (Phi) is 28.4. The highest BCUT2D eigenvalue weighted by molar-refractivity contribution is 14.1. The summed E-state index contributed by atoms with van der Waals surface area (Å²) >= 11 is 14.8. The smallest absolute Gasteiger partial charge is 0.146 e. The molecule has 0 N–H and O–H groups in total. The summed E-state index contributed by atoms with van der Waals surface area (Å²) in [5, 5.41) is 0. The molecule has 0 fully saturated rings. The van der Waals surface area contributed by atoms with Gasteiger partial charge in [0.15, 0.2) is 0 Å². The molecule has 0 saturated heterocycles.